The van der Waals surface area contributed by atoms with Crippen LogP contribution in [0.2, 0.25) is 0 Å². The first-order valence-electron chi connectivity index (χ1n) is 7.54. The Morgan fingerprint density at radius 2 is 2.09 bits per heavy atom. The van der Waals surface area contributed by atoms with Gasteiger partial charge in [0.1, 0.15) is 11.4 Å². The van der Waals surface area contributed by atoms with Gasteiger partial charge < -0.3 is 5.11 Å². The van der Waals surface area contributed by atoms with Crippen molar-refractivity contribution in [2.24, 2.45) is 5.41 Å². The maximum atomic E-state index is 11.7. The summed E-state index contributed by atoms with van der Waals surface area (Å²) < 4.78 is 0. The summed E-state index contributed by atoms with van der Waals surface area (Å²) >= 11 is 0. The minimum atomic E-state index is -1.22. The standard InChI is InChI=1S/C20H26O2/c1-7-20(6,22)12-8-9-15(2)10-11-18-16(3)13-17(21)14-19(18,4)5/h1,8-12,22H,13-14H2,2-6H3. The smallest absolute Gasteiger partial charge is 0.141 e. The average molecular weight is 298 g/mol. The van der Waals surface area contributed by atoms with Crippen LogP contribution in [-0.2, 0) is 4.79 Å². The van der Waals surface area contributed by atoms with E-state index in [1.165, 1.54) is 5.57 Å². The molecule has 0 saturated carbocycles. The second-order valence-electron chi connectivity index (χ2n) is 6.87. The Morgan fingerprint density at radius 3 is 2.64 bits per heavy atom. The van der Waals surface area contributed by atoms with Crippen molar-refractivity contribution in [1.29, 1.82) is 0 Å². The number of carbonyl (C=O) groups is 1. The van der Waals surface area contributed by atoms with Gasteiger partial charge in [0.05, 0.1) is 0 Å². The van der Waals surface area contributed by atoms with Gasteiger partial charge in [0.25, 0.3) is 0 Å². The van der Waals surface area contributed by atoms with Gasteiger partial charge in [0, 0.05) is 12.8 Å². The molecule has 0 saturated heterocycles. The van der Waals surface area contributed by atoms with Gasteiger partial charge in [-0.2, -0.15) is 0 Å². The van der Waals surface area contributed by atoms with Crippen molar-refractivity contribution in [1.82, 2.24) is 0 Å². The number of carbonyl (C=O) groups excluding carboxylic acids is 1. The monoisotopic (exact) mass is 298 g/mol. The van der Waals surface area contributed by atoms with Crippen molar-refractivity contribution in [3.63, 3.8) is 0 Å². The number of ketones is 1. The van der Waals surface area contributed by atoms with E-state index in [0.717, 1.165) is 11.1 Å². The summed E-state index contributed by atoms with van der Waals surface area (Å²) in [7, 11) is 0. The van der Waals surface area contributed by atoms with E-state index < -0.39 is 5.60 Å². The fourth-order valence-electron chi connectivity index (χ4n) is 2.69. The Morgan fingerprint density at radius 1 is 1.45 bits per heavy atom. The van der Waals surface area contributed by atoms with Crippen LogP contribution in [-0.4, -0.2) is 16.5 Å². The molecule has 1 aliphatic rings. The Labute approximate surface area is 134 Å². The molecular formula is C20H26O2. The summed E-state index contributed by atoms with van der Waals surface area (Å²) in [5.74, 6) is 2.61. The van der Waals surface area contributed by atoms with Crippen LogP contribution in [0.1, 0.15) is 47.5 Å². The van der Waals surface area contributed by atoms with Crippen molar-refractivity contribution in [2.75, 3.05) is 0 Å². The van der Waals surface area contributed by atoms with Gasteiger partial charge >= 0.3 is 0 Å². The van der Waals surface area contributed by atoms with Gasteiger partial charge in [0.2, 0.25) is 0 Å². The predicted octanol–water partition coefficient (Wildman–Crippen LogP) is 4.13. The van der Waals surface area contributed by atoms with Crippen molar-refractivity contribution < 1.29 is 9.90 Å². The van der Waals surface area contributed by atoms with E-state index in [4.69, 9.17) is 6.42 Å². The van der Waals surface area contributed by atoms with Crippen LogP contribution in [0, 0.1) is 17.8 Å². The Hall–Kier alpha value is -1.85. The number of hydrogen-bond donors (Lipinski definition) is 1. The molecule has 0 aromatic rings. The van der Waals surface area contributed by atoms with Crippen molar-refractivity contribution in [3.8, 4) is 12.3 Å². The Kier molecular flexibility index (Phi) is 5.74. The second kappa shape index (κ2) is 6.94. The number of Topliss-reactive ketones (excluding diaryl/α,β-unsaturated/α-hetero) is 1. The molecule has 2 heteroatoms. The third-order valence-corrected chi connectivity index (χ3v) is 3.88. The molecule has 0 aliphatic heterocycles. The molecule has 0 radical (unpaired) electrons. The lowest BCUT2D eigenvalue weighted by atomic mass is 9.72. The van der Waals surface area contributed by atoms with Gasteiger partial charge in [-0.05, 0) is 37.8 Å². The first-order valence-corrected chi connectivity index (χ1v) is 7.54. The lowest BCUT2D eigenvalue weighted by Crippen LogP contribution is -2.25. The van der Waals surface area contributed by atoms with E-state index in [1.54, 1.807) is 19.1 Å². The SMILES string of the molecule is C#CC(C)(O)C=CC=C(C)C=CC1=C(C)CC(=O)CC1(C)C. The van der Waals surface area contributed by atoms with E-state index in [1.807, 2.05) is 26.0 Å². The third kappa shape index (κ3) is 5.16. The van der Waals surface area contributed by atoms with Gasteiger partial charge in [-0.15, -0.1) is 6.42 Å². The molecule has 0 aromatic heterocycles. The van der Waals surface area contributed by atoms with E-state index in [-0.39, 0.29) is 5.41 Å². The molecule has 0 spiro atoms. The largest absolute Gasteiger partial charge is 0.374 e. The zero-order valence-electron chi connectivity index (χ0n) is 14.2. The highest BCUT2D eigenvalue weighted by Gasteiger charge is 2.30. The van der Waals surface area contributed by atoms with Crippen molar-refractivity contribution in [3.05, 3.63) is 47.1 Å². The minimum Gasteiger partial charge on any atom is -0.374 e. The molecule has 1 atom stereocenters. The van der Waals surface area contributed by atoms with E-state index in [2.05, 4.69) is 25.8 Å². The maximum Gasteiger partial charge on any atom is 0.141 e. The van der Waals surface area contributed by atoms with Crippen molar-refractivity contribution in [2.45, 2.75) is 53.1 Å². The van der Waals surface area contributed by atoms with Crippen LogP contribution >= 0.6 is 0 Å². The molecule has 1 rings (SSSR count). The third-order valence-electron chi connectivity index (χ3n) is 3.88. The average Bonchev–Trinajstić information content (AvgIpc) is 2.36. The predicted molar refractivity (Wildman–Crippen MR) is 92.2 cm³/mol. The van der Waals surface area contributed by atoms with Gasteiger partial charge in [0.15, 0.2) is 0 Å². The lowest BCUT2D eigenvalue weighted by Gasteiger charge is -2.32. The van der Waals surface area contributed by atoms with E-state index in [0.29, 0.717) is 18.6 Å². The molecule has 2 nitrogen and oxygen atoms in total. The van der Waals surface area contributed by atoms with Crippen LogP contribution in [0.15, 0.2) is 47.1 Å². The number of rotatable bonds is 4. The molecule has 118 valence electrons. The fourth-order valence-corrected chi connectivity index (χ4v) is 2.69. The summed E-state index contributed by atoms with van der Waals surface area (Å²) in [6.45, 7) is 9.80. The normalized spacial score (nSPS) is 22.2. The summed E-state index contributed by atoms with van der Waals surface area (Å²) in [5, 5.41) is 9.69. The molecule has 1 N–H and O–H groups in total. The zero-order chi connectivity index (χ0) is 17.0. The van der Waals surface area contributed by atoms with Crippen molar-refractivity contribution >= 4 is 5.78 Å². The molecule has 0 amide bonds. The Bertz CT molecular complexity index is 602. The molecule has 0 aromatic carbocycles. The first-order chi connectivity index (χ1) is 10.1. The topological polar surface area (TPSA) is 37.3 Å². The molecular weight excluding hydrogens is 272 g/mol. The maximum absolute atomic E-state index is 11.7. The summed E-state index contributed by atoms with van der Waals surface area (Å²) in [6.07, 6.45) is 15.7. The number of hydrogen-bond acceptors (Lipinski definition) is 2. The fraction of sp³-hybridized carbons (Fsp3) is 0.450. The Balaban J connectivity index is 2.90. The summed E-state index contributed by atoms with van der Waals surface area (Å²) in [5.41, 5.74) is 2.11. The first kappa shape index (κ1) is 18.2. The molecule has 1 aliphatic carbocycles. The number of aliphatic hydroxyl groups is 1. The number of allylic oxidation sites excluding steroid dienone is 7. The lowest BCUT2D eigenvalue weighted by molar-refractivity contribution is -0.120. The molecule has 1 unspecified atom stereocenters. The number of terminal acetylenes is 1. The highest BCUT2D eigenvalue weighted by molar-refractivity contribution is 5.84. The molecule has 0 fully saturated rings. The van der Waals surface area contributed by atoms with Gasteiger partial charge in [-0.1, -0.05) is 55.2 Å². The second-order valence-corrected chi connectivity index (χ2v) is 6.87. The van der Waals surface area contributed by atoms with E-state index in [9.17, 15) is 9.90 Å². The zero-order valence-corrected chi connectivity index (χ0v) is 14.2. The molecule has 0 bridgehead atoms. The van der Waals surface area contributed by atoms with Gasteiger partial charge in [-0.25, -0.2) is 0 Å². The van der Waals surface area contributed by atoms with Crippen LogP contribution in [0.4, 0.5) is 0 Å². The van der Waals surface area contributed by atoms with Gasteiger partial charge in [-0.3, -0.25) is 4.79 Å². The van der Waals surface area contributed by atoms with Crippen LogP contribution in [0.25, 0.3) is 0 Å². The highest BCUT2D eigenvalue weighted by atomic mass is 16.3. The summed E-state index contributed by atoms with van der Waals surface area (Å²) in [6, 6.07) is 0. The summed E-state index contributed by atoms with van der Waals surface area (Å²) in [4.78, 5) is 11.7. The van der Waals surface area contributed by atoms with Crippen LogP contribution in [0.5, 0.6) is 0 Å². The van der Waals surface area contributed by atoms with E-state index >= 15 is 0 Å². The molecule has 0 heterocycles. The highest BCUT2D eigenvalue weighted by Crippen LogP contribution is 2.39. The quantitative estimate of drug-likeness (QED) is 0.626. The van der Waals surface area contributed by atoms with Crippen LogP contribution in [0.3, 0.4) is 0 Å². The molecule has 22 heavy (non-hydrogen) atoms. The minimum absolute atomic E-state index is 0.112. The van der Waals surface area contributed by atoms with Crippen LogP contribution < -0.4 is 0 Å².